The topological polar surface area (TPSA) is 95.8 Å². The van der Waals surface area contributed by atoms with Gasteiger partial charge in [-0.15, -0.1) is 0 Å². The highest BCUT2D eigenvalue weighted by atomic mass is 79.9. The highest BCUT2D eigenvalue weighted by molar-refractivity contribution is 9.10. The van der Waals surface area contributed by atoms with Crippen molar-refractivity contribution in [1.29, 1.82) is 0 Å². The molecule has 0 aliphatic carbocycles. The summed E-state index contributed by atoms with van der Waals surface area (Å²) < 4.78 is 1.65. The van der Waals surface area contributed by atoms with Crippen LogP contribution in [0.5, 0.6) is 0 Å². The van der Waals surface area contributed by atoms with Crippen molar-refractivity contribution >= 4 is 21.6 Å². The summed E-state index contributed by atoms with van der Waals surface area (Å²) in [6.07, 6.45) is 6.83. The van der Waals surface area contributed by atoms with Crippen molar-refractivity contribution in [3.8, 4) is 0 Å². The molecule has 7 nitrogen and oxygen atoms in total. The fraction of sp³-hybridized carbons (Fsp3) is 0.417. The Labute approximate surface area is 124 Å². The Morgan fingerprint density at radius 1 is 1.50 bits per heavy atom. The van der Waals surface area contributed by atoms with Crippen molar-refractivity contribution in [1.82, 2.24) is 19.7 Å². The van der Waals surface area contributed by atoms with Gasteiger partial charge >= 0.3 is 0 Å². The molecule has 0 spiro atoms. The van der Waals surface area contributed by atoms with Crippen LogP contribution in [0, 0.1) is 0 Å². The second-order valence-corrected chi connectivity index (χ2v) is 4.98. The molecule has 0 aliphatic rings. The Hall–Kier alpha value is -1.67. The maximum absolute atomic E-state index is 11.9. The van der Waals surface area contributed by atoms with E-state index in [1.807, 2.05) is 0 Å². The minimum absolute atomic E-state index is 0.116. The van der Waals surface area contributed by atoms with Crippen molar-refractivity contribution in [2.24, 2.45) is 0 Å². The van der Waals surface area contributed by atoms with Crippen LogP contribution in [0.2, 0.25) is 0 Å². The van der Waals surface area contributed by atoms with Crippen LogP contribution < -0.4 is 10.9 Å². The van der Waals surface area contributed by atoms with E-state index in [4.69, 9.17) is 5.11 Å². The van der Waals surface area contributed by atoms with Gasteiger partial charge in [-0.25, -0.2) is 9.67 Å². The number of aryl methyl sites for hydroxylation is 1. The van der Waals surface area contributed by atoms with E-state index < -0.39 is 0 Å². The van der Waals surface area contributed by atoms with Crippen LogP contribution in [-0.2, 0) is 13.0 Å². The van der Waals surface area contributed by atoms with Gasteiger partial charge in [0.2, 0.25) is 0 Å². The minimum Gasteiger partial charge on any atom is -0.394 e. The minimum atomic E-state index is -0.255. The van der Waals surface area contributed by atoms with Gasteiger partial charge in [-0.1, -0.05) is 0 Å². The smallest absolute Gasteiger partial charge is 0.283 e. The molecule has 0 unspecified atom stereocenters. The van der Waals surface area contributed by atoms with E-state index in [-0.39, 0.29) is 18.7 Å². The van der Waals surface area contributed by atoms with Gasteiger partial charge < -0.3 is 15.4 Å². The lowest BCUT2D eigenvalue weighted by Gasteiger charge is -2.09. The predicted octanol–water partition coefficient (Wildman–Crippen LogP) is 0.766. The first-order valence-electron chi connectivity index (χ1n) is 6.31. The van der Waals surface area contributed by atoms with Gasteiger partial charge in [0.1, 0.15) is 10.3 Å². The third kappa shape index (κ3) is 3.67. The monoisotopic (exact) mass is 341 g/mol. The zero-order valence-corrected chi connectivity index (χ0v) is 12.4. The molecule has 8 heteroatoms. The molecule has 0 bridgehead atoms. The van der Waals surface area contributed by atoms with Gasteiger partial charge in [0.15, 0.2) is 0 Å². The molecule has 0 fully saturated rings. The number of aromatic amines is 1. The number of nitrogens with one attached hydrogen (secondary N) is 2. The largest absolute Gasteiger partial charge is 0.394 e. The number of aromatic nitrogens is 4. The summed E-state index contributed by atoms with van der Waals surface area (Å²) in [5, 5.41) is 16.0. The highest BCUT2D eigenvalue weighted by Gasteiger charge is 2.08. The highest BCUT2D eigenvalue weighted by Crippen LogP contribution is 2.15. The standard InChI is InChI=1S/C12H16BrN5O2/c13-11-9(8-17-18(6-7-19)12(11)20)14-3-1-2-10-15-4-5-16-10/h4-5,8,14,19H,1-3,6-7H2,(H,15,16). The van der Waals surface area contributed by atoms with Crippen molar-refractivity contribution < 1.29 is 5.11 Å². The quantitative estimate of drug-likeness (QED) is 0.646. The zero-order valence-electron chi connectivity index (χ0n) is 10.8. The Balaban J connectivity index is 1.89. The number of hydrogen-bond donors (Lipinski definition) is 3. The Kier molecular flexibility index (Phi) is 5.31. The molecular weight excluding hydrogens is 326 g/mol. The van der Waals surface area contributed by atoms with Crippen molar-refractivity contribution in [2.45, 2.75) is 19.4 Å². The fourth-order valence-corrected chi connectivity index (χ4v) is 2.20. The van der Waals surface area contributed by atoms with Crippen molar-refractivity contribution in [3.63, 3.8) is 0 Å². The number of imidazole rings is 1. The average molecular weight is 342 g/mol. The lowest BCUT2D eigenvalue weighted by Crippen LogP contribution is -2.26. The van der Waals surface area contributed by atoms with Crippen molar-refractivity contribution in [2.75, 3.05) is 18.5 Å². The summed E-state index contributed by atoms with van der Waals surface area (Å²) in [7, 11) is 0. The van der Waals surface area contributed by atoms with Gasteiger partial charge in [0, 0.05) is 25.4 Å². The van der Waals surface area contributed by atoms with E-state index in [9.17, 15) is 4.79 Å². The molecule has 0 aromatic carbocycles. The number of H-pyrrole nitrogens is 1. The van der Waals surface area contributed by atoms with E-state index in [0.717, 1.165) is 18.7 Å². The third-order valence-corrected chi connectivity index (χ3v) is 3.52. The maximum Gasteiger partial charge on any atom is 0.283 e. The summed E-state index contributed by atoms with van der Waals surface area (Å²) >= 11 is 3.26. The number of aliphatic hydroxyl groups is 1. The van der Waals surface area contributed by atoms with Crippen LogP contribution in [0.3, 0.4) is 0 Å². The van der Waals surface area contributed by atoms with Crippen LogP contribution in [-0.4, -0.2) is 38.0 Å². The lowest BCUT2D eigenvalue weighted by atomic mass is 10.3. The van der Waals surface area contributed by atoms with Crippen molar-refractivity contribution in [3.05, 3.63) is 39.2 Å². The number of halogens is 1. The van der Waals surface area contributed by atoms with Crippen LogP contribution in [0.25, 0.3) is 0 Å². The molecule has 20 heavy (non-hydrogen) atoms. The molecule has 2 aromatic heterocycles. The molecule has 0 saturated carbocycles. The Morgan fingerprint density at radius 3 is 3.05 bits per heavy atom. The molecule has 0 radical (unpaired) electrons. The fourth-order valence-electron chi connectivity index (χ4n) is 1.76. The molecule has 0 amide bonds. The molecule has 0 aliphatic heterocycles. The first kappa shape index (κ1) is 14.7. The van der Waals surface area contributed by atoms with Crippen LogP contribution in [0.1, 0.15) is 12.2 Å². The molecular formula is C12H16BrN5O2. The molecule has 0 saturated heterocycles. The molecule has 108 valence electrons. The molecule has 0 atom stereocenters. The Morgan fingerprint density at radius 2 is 2.35 bits per heavy atom. The number of rotatable bonds is 7. The lowest BCUT2D eigenvalue weighted by molar-refractivity contribution is 0.266. The summed E-state index contributed by atoms with van der Waals surface area (Å²) in [5.41, 5.74) is 0.402. The normalized spacial score (nSPS) is 10.7. The van der Waals surface area contributed by atoms with E-state index in [0.29, 0.717) is 16.7 Å². The van der Waals surface area contributed by atoms with Crippen LogP contribution >= 0.6 is 15.9 Å². The zero-order chi connectivity index (χ0) is 14.4. The van der Waals surface area contributed by atoms with Crippen LogP contribution in [0.4, 0.5) is 5.69 Å². The summed E-state index contributed by atoms with van der Waals surface area (Å²) in [6, 6.07) is 0. The number of anilines is 1. The van der Waals surface area contributed by atoms with E-state index in [1.165, 1.54) is 4.68 Å². The van der Waals surface area contributed by atoms with Gasteiger partial charge in [0.25, 0.3) is 5.56 Å². The van der Waals surface area contributed by atoms with Gasteiger partial charge in [0.05, 0.1) is 25.0 Å². The number of aliphatic hydroxyl groups excluding tert-OH is 1. The third-order valence-electron chi connectivity index (χ3n) is 2.76. The average Bonchev–Trinajstić information content (AvgIpc) is 2.95. The van der Waals surface area contributed by atoms with E-state index >= 15 is 0 Å². The first-order chi connectivity index (χ1) is 9.72. The molecule has 3 N–H and O–H groups in total. The molecule has 2 aromatic rings. The second-order valence-electron chi connectivity index (χ2n) is 4.19. The second kappa shape index (κ2) is 7.20. The van der Waals surface area contributed by atoms with E-state index in [2.05, 4.69) is 36.3 Å². The SMILES string of the molecule is O=c1c(Br)c(NCCCc2ncc[nH]2)cnn1CCO. The molecule has 2 heterocycles. The van der Waals surface area contributed by atoms with Gasteiger partial charge in [-0.3, -0.25) is 4.79 Å². The van der Waals surface area contributed by atoms with E-state index in [1.54, 1.807) is 18.6 Å². The number of nitrogens with zero attached hydrogens (tertiary/aromatic N) is 3. The summed E-state index contributed by atoms with van der Waals surface area (Å²) in [4.78, 5) is 19.1. The van der Waals surface area contributed by atoms with Gasteiger partial charge in [-0.05, 0) is 22.4 Å². The summed E-state index contributed by atoms with van der Waals surface area (Å²) in [5.74, 6) is 0.947. The Bertz CT molecular complexity index is 596. The first-order valence-corrected chi connectivity index (χ1v) is 7.10. The van der Waals surface area contributed by atoms with Gasteiger partial charge in [-0.2, -0.15) is 5.10 Å². The molecule has 2 rings (SSSR count). The predicted molar refractivity (Wildman–Crippen MR) is 78.7 cm³/mol. The van der Waals surface area contributed by atoms with Crippen LogP contribution in [0.15, 0.2) is 27.9 Å². The number of hydrogen-bond acceptors (Lipinski definition) is 5. The summed E-state index contributed by atoms with van der Waals surface area (Å²) in [6.45, 7) is 0.788. The maximum atomic E-state index is 11.9.